The fraction of sp³-hybridized carbons (Fsp3) is 0.842. The molecule has 2 N–H and O–H groups in total. The van der Waals surface area contributed by atoms with Crippen LogP contribution < -0.4 is 5.73 Å². The molecule has 0 aromatic heterocycles. The number of hydrogen-bond acceptors (Lipinski definition) is 3. The van der Waals surface area contributed by atoms with Gasteiger partial charge < -0.3 is 10.5 Å². The van der Waals surface area contributed by atoms with Crippen LogP contribution in [0.2, 0.25) is 0 Å². The maximum Gasteiger partial charge on any atom is 0.333 e. The van der Waals surface area contributed by atoms with Crippen LogP contribution in [0.15, 0.2) is 12.2 Å². The van der Waals surface area contributed by atoms with Crippen LogP contribution in [0.5, 0.6) is 0 Å². The van der Waals surface area contributed by atoms with Crippen molar-refractivity contribution in [3.8, 4) is 0 Å². The van der Waals surface area contributed by atoms with Crippen molar-refractivity contribution in [2.75, 3.05) is 13.2 Å². The van der Waals surface area contributed by atoms with Gasteiger partial charge >= 0.3 is 5.97 Å². The second kappa shape index (κ2) is 18.0. The van der Waals surface area contributed by atoms with E-state index < -0.39 is 0 Å². The van der Waals surface area contributed by atoms with Crippen LogP contribution in [-0.4, -0.2) is 19.1 Å². The van der Waals surface area contributed by atoms with Crippen molar-refractivity contribution in [1.82, 2.24) is 0 Å². The number of rotatable bonds is 15. The van der Waals surface area contributed by atoms with Crippen LogP contribution in [0.3, 0.4) is 0 Å². The summed E-state index contributed by atoms with van der Waals surface area (Å²) in [5.74, 6) is 0.182. The summed E-state index contributed by atoms with van der Waals surface area (Å²) in [4.78, 5) is 11.3. The molecule has 0 fully saturated rings. The normalized spacial score (nSPS) is 11.6. The lowest BCUT2D eigenvalue weighted by Gasteiger charge is -2.14. The van der Waals surface area contributed by atoms with Crippen LogP contribution in [0.1, 0.15) is 84.5 Å². The van der Waals surface area contributed by atoms with Gasteiger partial charge in [0, 0.05) is 5.57 Å². The predicted octanol–water partition coefficient (Wildman–Crippen LogP) is 5.57. The molecule has 0 aromatic carbocycles. The molecule has 0 rings (SSSR count). The molecule has 138 valence electrons. The van der Waals surface area contributed by atoms with E-state index in [2.05, 4.69) is 13.5 Å². The molecule has 0 saturated heterocycles. The highest BCUT2D eigenvalue weighted by molar-refractivity contribution is 8.93. The Kier molecular flexibility index (Phi) is 19.5. The molecule has 0 spiro atoms. The first-order valence-electron chi connectivity index (χ1n) is 9.14. The number of esters is 1. The Morgan fingerprint density at radius 2 is 1.52 bits per heavy atom. The summed E-state index contributed by atoms with van der Waals surface area (Å²) < 4.78 is 5.13. The number of nitrogens with two attached hydrogens (primary N) is 1. The molecule has 1 unspecified atom stereocenters. The summed E-state index contributed by atoms with van der Waals surface area (Å²) in [7, 11) is 0. The molecule has 3 nitrogen and oxygen atoms in total. The predicted molar refractivity (Wildman–Crippen MR) is 105 cm³/mol. The third-order valence-electron chi connectivity index (χ3n) is 4.16. The van der Waals surface area contributed by atoms with Crippen LogP contribution in [0.4, 0.5) is 0 Å². The minimum atomic E-state index is -0.293. The zero-order valence-corrected chi connectivity index (χ0v) is 17.0. The first-order valence-corrected chi connectivity index (χ1v) is 9.14. The van der Waals surface area contributed by atoms with E-state index in [4.69, 9.17) is 10.5 Å². The smallest absolute Gasteiger partial charge is 0.333 e. The fourth-order valence-corrected chi connectivity index (χ4v) is 2.57. The Hall–Kier alpha value is -0.350. The Morgan fingerprint density at radius 1 is 1.00 bits per heavy atom. The molecule has 0 aromatic rings. The highest BCUT2D eigenvalue weighted by atomic mass is 79.9. The van der Waals surface area contributed by atoms with Crippen molar-refractivity contribution < 1.29 is 9.53 Å². The Bertz CT molecular complexity index is 295. The third kappa shape index (κ3) is 16.3. The Morgan fingerprint density at radius 3 is 2.00 bits per heavy atom. The second-order valence-electron chi connectivity index (χ2n) is 6.42. The van der Waals surface area contributed by atoms with Gasteiger partial charge in [0.05, 0.1) is 6.61 Å². The lowest BCUT2D eigenvalue weighted by Crippen LogP contribution is -2.18. The first kappa shape index (κ1) is 24.9. The molecular formula is C19H38BrNO2. The molecule has 0 bridgehead atoms. The van der Waals surface area contributed by atoms with Crippen LogP contribution in [0.25, 0.3) is 0 Å². The largest absolute Gasteiger partial charge is 0.462 e. The number of ether oxygens (including phenoxy) is 1. The summed E-state index contributed by atoms with van der Waals surface area (Å²) in [5, 5.41) is 0. The van der Waals surface area contributed by atoms with E-state index in [1.165, 1.54) is 57.8 Å². The third-order valence-corrected chi connectivity index (χ3v) is 4.16. The maximum absolute atomic E-state index is 11.3. The summed E-state index contributed by atoms with van der Waals surface area (Å²) in [6.07, 6.45) is 14.2. The van der Waals surface area contributed by atoms with Crippen molar-refractivity contribution in [1.29, 1.82) is 0 Å². The molecule has 1 atom stereocenters. The molecule has 0 heterocycles. The molecular weight excluding hydrogens is 354 g/mol. The fourth-order valence-electron chi connectivity index (χ4n) is 2.57. The van der Waals surface area contributed by atoms with Crippen molar-refractivity contribution in [3.63, 3.8) is 0 Å². The standard InChI is InChI=1S/C19H37NO2.BrH/c1-4-5-6-7-8-9-10-11-12-13-18(16-20)14-15-22-19(21)17(2)3;/h18H,2,4-16,20H2,1,3H3;1H. The van der Waals surface area contributed by atoms with Crippen LogP contribution in [0, 0.1) is 5.92 Å². The van der Waals surface area contributed by atoms with Gasteiger partial charge in [-0.1, -0.05) is 71.3 Å². The molecule has 23 heavy (non-hydrogen) atoms. The van der Waals surface area contributed by atoms with E-state index >= 15 is 0 Å². The van der Waals surface area contributed by atoms with E-state index in [9.17, 15) is 4.79 Å². The molecule has 0 amide bonds. The molecule has 0 aliphatic carbocycles. The van der Waals surface area contributed by atoms with Crippen LogP contribution >= 0.6 is 17.0 Å². The van der Waals surface area contributed by atoms with E-state index in [-0.39, 0.29) is 23.0 Å². The van der Waals surface area contributed by atoms with E-state index in [1.54, 1.807) is 6.92 Å². The lowest BCUT2D eigenvalue weighted by molar-refractivity contribution is -0.139. The maximum atomic E-state index is 11.3. The summed E-state index contributed by atoms with van der Waals surface area (Å²) >= 11 is 0. The molecule has 0 aliphatic heterocycles. The first-order chi connectivity index (χ1) is 10.6. The second-order valence-corrected chi connectivity index (χ2v) is 6.42. The number of carbonyl (C=O) groups excluding carboxylic acids is 1. The number of carbonyl (C=O) groups is 1. The van der Waals surface area contributed by atoms with Crippen molar-refractivity contribution >= 4 is 23.0 Å². The summed E-state index contributed by atoms with van der Waals surface area (Å²) in [6, 6.07) is 0. The van der Waals surface area contributed by atoms with E-state index in [1.807, 2.05) is 0 Å². The minimum Gasteiger partial charge on any atom is -0.462 e. The van der Waals surface area contributed by atoms with Gasteiger partial charge in [-0.05, 0) is 32.2 Å². The zero-order chi connectivity index (χ0) is 16.6. The van der Waals surface area contributed by atoms with Gasteiger partial charge in [0.1, 0.15) is 0 Å². The average Bonchev–Trinajstić information content (AvgIpc) is 2.51. The Labute approximate surface area is 154 Å². The van der Waals surface area contributed by atoms with Crippen molar-refractivity contribution in [3.05, 3.63) is 12.2 Å². The van der Waals surface area contributed by atoms with Gasteiger partial charge in [-0.15, -0.1) is 17.0 Å². The van der Waals surface area contributed by atoms with Gasteiger partial charge in [0.2, 0.25) is 0 Å². The van der Waals surface area contributed by atoms with Gasteiger partial charge in [-0.2, -0.15) is 0 Å². The van der Waals surface area contributed by atoms with E-state index in [0.29, 0.717) is 24.6 Å². The highest BCUT2D eigenvalue weighted by Gasteiger charge is 2.09. The SMILES string of the molecule is Br.C=C(C)C(=O)OCCC(CN)CCCCCCCCCCC. The molecule has 0 radical (unpaired) electrons. The monoisotopic (exact) mass is 391 g/mol. The number of halogens is 1. The highest BCUT2D eigenvalue weighted by Crippen LogP contribution is 2.15. The van der Waals surface area contributed by atoms with Gasteiger partial charge in [-0.25, -0.2) is 4.79 Å². The van der Waals surface area contributed by atoms with E-state index in [0.717, 1.165) is 12.8 Å². The summed E-state index contributed by atoms with van der Waals surface area (Å²) in [6.45, 7) is 8.65. The Balaban J connectivity index is 0. The van der Waals surface area contributed by atoms with Crippen LogP contribution in [-0.2, 0) is 9.53 Å². The lowest BCUT2D eigenvalue weighted by atomic mass is 9.97. The van der Waals surface area contributed by atoms with Gasteiger partial charge in [0.15, 0.2) is 0 Å². The molecule has 4 heteroatoms. The number of unbranched alkanes of at least 4 members (excludes halogenated alkanes) is 8. The minimum absolute atomic E-state index is 0. The van der Waals surface area contributed by atoms with Crippen molar-refractivity contribution in [2.24, 2.45) is 11.7 Å². The molecule has 0 aliphatic rings. The van der Waals surface area contributed by atoms with Crippen molar-refractivity contribution in [2.45, 2.75) is 84.5 Å². The number of hydrogen-bond donors (Lipinski definition) is 1. The average molecular weight is 392 g/mol. The zero-order valence-electron chi connectivity index (χ0n) is 15.3. The molecule has 0 saturated carbocycles. The summed E-state index contributed by atoms with van der Waals surface area (Å²) in [5.41, 5.74) is 6.26. The topological polar surface area (TPSA) is 52.3 Å². The van der Waals surface area contributed by atoms with Gasteiger partial charge in [0.25, 0.3) is 0 Å². The quantitative estimate of drug-likeness (QED) is 0.225. The van der Waals surface area contributed by atoms with Gasteiger partial charge in [-0.3, -0.25) is 0 Å².